The lowest BCUT2D eigenvalue weighted by atomic mass is 10.0. The molecule has 0 radical (unpaired) electrons. The molecule has 136 valence electrons. The average molecular weight is 373 g/mol. The molecule has 2 aromatic rings. The molecule has 7 heteroatoms. The summed E-state index contributed by atoms with van der Waals surface area (Å²) in [4.78, 5) is 24.2. The maximum absolute atomic E-state index is 12.4. The van der Waals surface area contributed by atoms with E-state index in [1.165, 1.54) is 12.1 Å². The maximum Gasteiger partial charge on any atom is 0.310 e. The minimum atomic E-state index is -3.87. The number of hydrogen-bond acceptors (Lipinski definition) is 5. The Morgan fingerprint density at radius 3 is 2.50 bits per heavy atom. The molecule has 0 aromatic heterocycles. The largest absolute Gasteiger partial charge is 0.463 e. The van der Waals surface area contributed by atoms with E-state index in [2.05, 4.69) is 0 Å². The van der Waals surface area contributed by atoms with Crippen LogP contribution >= 0.6 is 0 Å². The lowest BCUT2D eigenvalue weighted by molar-refractivity contribution is -0.142. The molecule has 1 aliphatic rings. The molecule has 0 saturated carbocycles. The smallest absolute Gasteiger partial charge is 0.310 e. The number of nitrogens with zero attached hydrogens (tertiary/aromatic N) is 1. The van der Waals surface area contributed by atoms with E-state index in [1.807, 2.05) is 32.0 Å². The molecule has 1 heterocycles. The zero-order chi connectivity index (χ0) is 18.9. The minimum absolute atomic E-state index is 0.00791. The fourth-order valence-electron chi connectivity index (χ4n) is 2.83. The topological polar surface area (TPSA) is 80.8 Å². The zero-order valence-corrected chi connectivity index (χ0v) is 15.4. The summed E-state index contributed by atoms with van der Waals surface area (Å²) < 4.78 is 30.7. The highest BCUT2D eigenvalue weighted by Gasteiger charge is 2.40. The van der Waals surface area contributed by atoms with E-state index < -0.39 is 21.9 Å². The third-order valence-corrected chi connectivity index (χ3v) is 6.23. The number of ether oxygens (including phenoxy) is 1. The van der Waals surface area contributed by atoms with Crippen LogP contribution in [0.2, 0.25) is 0 Å². The van der Waals surface area contributed by atoms with Crippen LogP contribution in [0.3, 0.4) is 0 Å². The Morgan fingerprint density at radius 2 is 1.81 bits per heavy atom. The molecule has 1 amide bonds. The van der Waals surface area contributed by atoms with Gasteiger partial charge in [0, 0.05) is 0 Å². The van der Waals surface area contributed by atoms with E-state index >= 15 is 0 Å². The summed E-state index contributed by atoms with van der Waals surface area (Å²) >= 11 is 0. The first-order chi connectivity index (χ1) is 12.3. The number of esters is 1. The summed E-state index contributed by atoms with van der Waals surface area (Å²) in [6.07, 6.45) is 0.0992. The van der Waals surface area contributed by atoms with Crippen molar-refractivity contribution in [2.45, 2.75) is 25.2 Å². The first kappa shape index (κ1) is 18.1. The highest BCUT2D eigenvalue weighted by atomic mass is 32.2. The van der Waals surface area contributed by atoms with Gasteiger partial charge in [0.15, 0.2) is 0 Å². The Kier molecular flexibility index (Phi) is 4.82. The average Bonchev–Trinajstić information content (AvgIpc) is 2.79. The third-order valence-electron chi connectivity index (χ3n) is 4.39. The molecule has 6 nitrogen and oxygen atoms in total. The van der Waals surface area contributed by atoms with Gasteiger partial charge < -0.3 is 4.74 Å². The van der Waals surface area contributed by atoms with Crippen molar-refractivity contribution in [2.75, 3.05) is 13.2 Å². The molecule has 0 saturated heterocycles. The molecule has 0 bridgehead atoms. The van der Waals surface area contributed by atoms with Gasteiger partial charge >= 0.3 is 5.97 Å². The van der Waals surface area contributed by atoms with E-state index in [1.54, 1.807) is 12.1 Å². The Labute approximate surface area is 152 Å². The lowest BCUT2D eigenvalue weighted by Gasteiger charge is -2.15. The quantitative estimate of drug-likeness (QED) is 0.751. The van der Waals surface area contributed by atoms with Crippen molar-refractivity contribution in [3.05, 3.63) is 64.7 Å². The number of aryl methyl sites for hydroxylation is 2. The van der Waals surface area contributed by atoms with E-state index in [0.717, 1.165) is 21.0 Å². The van der Waals surface area contributed by atoms with Gasteiger partial charge in [-0.15, -0.1) is 0 Å². The number of rotatable bonds is 5. The van der Waals surface area contributed by atoms with Crippen molar-refractivity contribution in [1.82, 2.24) is 4.31 Å². The standard InChI is InChI=1S/C19H19NO5S/c1-13-7-8-15(11-14(13)2)12-18(21)25-10-9-20-19(22)16-5-3-4-6-17(16)26(20,23)24/h3-8,11H,9-10,12H2,1-2H3. The third kappa shape index (κ3) is 3.35. The molecule has 2 aromatic carbocycles. The number of amides is 1. The maximum atomic E-state index is 12.4. The number of sulfonamides is 1. The number of fused-ring (bicyclic) bond motifs is 1. The predicted octanol–water partition coefficient (Wildman–Crippen LogP) is 2.23. The van der Waals surface area contributed by atoms with Crippen molar-refractivity contribution in [3.63, 3.8) is 0 Å². The van der Waals surface area contributed by atoms with E-state index in [0.29, 0.717) is 0 Å². The Morgan fingerprint density at radius 1 is 1.08 bits per heavy atom. The second kappa shape index (κ2) is 6.92. The number of carbonyl (C=O) groups excluding carboxylic acids is 2. The molecule has 26 heavy (non-hydrogen) atoms. The fraction of sp³-hybridized carbons (Fsp3) is 0.263. The molecule has 0 fully saturated rings. The van der Waals surface area contributed by atoms with E-state index in [-0.39, 0.29) is 30.0 Å². The van der Waals surface area contributed by atoms with Crippen LogP contribution in [0.1, 0.15) is 27.0 Å². The Hall–Kier alpha value is -2.67. The number of carbonyl (C=O) groups is 2. The van der Waals surface area contributed by atoms with Gasteiger partial charge in [0.25, 0.3) is 15.9 Å². The normalized spacial score (nSPS) is 15.0. The van der Waals surface area contributed by atoms with Crippen LogP contribution in [0.5, 0.6) is 0 Å². The van der Waals surface area contributed by atoms with Crippen molar-refractivity contribution in [1.29, 1.82) is 0 Å². The van der Waals surface area contributed by atoms with Crippen molar-refractivity contribution < 1.29 is 22.7 Å². The van der Waals surface area contributed by atoms with E-state index in [4.69, 9.17) is 4.74 Å². The Bertz CT molecular complexity index is 981. The molecule has 3 rings (SSSR count). The molecule has 0 N–H and O–H groups in total. The molecule has 0 atom stereocenters. The van der Waals surface area contributed by atoms with Crippen LogP contribution in [0.4, 0.5) is 0 Å². The molecule has 0 spiro atoms. The first-order valence-corrected chi connectivity index (χ1v) is 9.62. The van der Waals surface area contributed by atoms with Crippen LogP contribution in [0.15, 0.2) is 47.4 Å². The predicted molar refractivity (Wildman–Crippen MR) is 95.2 cm³/mol. The van der Waals surface area contributed by atoms with Gasteiger partial charge in [-0.05, 0) is 42.7 Å². The van der Waals surface area contributed by atoms with Crippen LogP contribution in [-0.4, -0.2) is 37.8 Å². The first-order valence-electron chi connectivity index (χ1n) is 8.18. The zero-order valence-electron chi connectivity index (χ0n) is 14.6. The molecular formula is C19H19NO5S. The minimum Gasteiger partial charge on any atom is -0.463 e. The SMILES string of the molecule is Cc1ccc(CC(=O)OCCN2C(=O)c3ccccc3S2(=O)=O)cc1C. The van der Waals surface area contributed by atoms with E-state index in [9.17, 15) is 18.0 Å². The van der Waals surface area contributed by atoms with Gasteiger partial charge in [-0.25, -0.2) is 12.7 Å². The molecule has 0 unspecified atom stereocenters. The van der Waals surface area contributed by atoms with Gasteiger partial charge in [-0.1, -0.05) is 30.3 Å². The van der Waals surface area contributed by atoms with Crippen molar-refractivity contribution in [3.8, 4) is 0 Å². The van der Waals surface area contributed by atoms with Crippen LogP contribution < -0.4 is 0 Å². The number of benzene rings is 2. The summed E-state index contributed by atoms with van der Waals surface area (Å²) in [6.45, 7) is 3.58. The number of hydrogen-bond donors (Lipinski definition) is 0. The summed E-state index contributed by atoms with van der Waals surface area (Å²) in [6, 6.07) is 11.8. The summed E-state index contributed by atoms with van der Waals surface area (Å²) in [7, 11) is -3.87. The van der Waals surface area contributed by atoms with Crippen molar-refractivity contribution >= 4 is 21.9 Å². The lowest BCUT2D eigenvalue weighted by Crippen LogP contribution is -2.33. The highest BCUT2D eigenvalue weighted by molar-refractivity contribution is 7.90. The molecular weight excluding hydrogens is 354 g/mol. The second-order valence-corrected chi connectivity index (χ2v) is 8.03. The van der Waals surface area contributed by atoms with Gasteiger partial charge in [0.05, 0.1) is 18.5 Å². The summed E-state index contributed by atoms with van der Waals surface area (Å²) in [5.41, 5.74) is 3.20. The van der Waals surface area contributed by atoms with Gasteiger partial charge in [-0.3, -0.25) is 9.59 Å². The summed E-state index contributed by atoms with van der Waals surface area (Å²) in [5.74, 6) is -1.05. The molecule has 1 aliphatic heterocycles. The molecule has 0 aliphatic carbocycles. The monoisotopic (exact) mass is 373 g/mol. The van der Waals surface area contributed by atoms with Crippen LogP contribution in [0.25, 0.3) is 0 Å². The summed E-state index contributed by atoms with van der Waals surface area (Å²) in [5, 5.41) is 0. The second-order valence-electron chi connectivity index (χ2n) is 6.19. The van der Waals surface area contributed by atoms with Crippen LogP contribution in [-0.2, 0) is 26.0 Å². The van der Waals surface area contributed by atoms with Gasteiger partial charge in [0.1, 0.15) is 11.5 Å². The fourth-order valence-corrected chi connectivity index (χ4v) is 4.38. The highest BCUT2D eigenvalue weighted by Crippen LogP contribution is 2.29. The van der Waals surface area contributed by atoms with Crippen LogP contribution in [0, 0.1) is 13.8 Å². The van der Waals surface area contributed by atoms with Gasteiger partial charge in [0.2, 0.25) is 0 Å². The van der Waals surface area contributed by atoms with Gasteiger partial charge in [-0.2, -0.15) is 0 Å². The Balaban J connectivity index is 1.59. The van der Waals surface area contributed by atoms with Crippen molar-refractivity contribution in [2.24, 2.45) is 0 Å².